The molecule has 0 atom stereocenters. The van der Waals surface area contributed by atoms with Gasteiger partial charge in [0.2, 0.25) is 0 Å². The van der Waals surface area contributed by atoms with Crippen LogP contribution < -0.4 is 5.19 Å². The average Bonchev–Trinajstić information content (AvgIpc) is 3.82. The second-order valence-electron chi connectivity index (χ2n) is 17.3. The maximum absolute atomic E-state index is 5.24. The van der Waals surface area contributed by atoms with E-state index in [1.807, 2.05) is 12.3 Å². The molecule has 0 fully saturated rings. The second-order valence-corrected chi connectivity index (χ2v) is 22.4. The second kappa shape index (κ2) is 17.2. The Morgan fingerprint density at radius 1 is 0.574 bits per heavy atom. The van der Waals surface area contributed by atoms with Gasteiger partial charge in [-0.2, -0.15) is 0 Å². The molecular weight excluding hydrogens is 937 g/mol. The van der Waals surface area contributed by atoms with Crippen molar-refractivity contribution in [2.45, 2.75) is 59.2 Å². The van der Waals surface area contributed by atoms with Crippen molar-refractivity contribution in [1.29, 1.82) is 0 Å². The molecule has 61 heavy (non-hydrogen) atoms. The van der Waals surface area contributed by atoms with Gasteiger partial charge < -0.3 is 14.1 Å². The van der Waals surface area contributed by atoms with Crippen LogP contribution in [-0.2, 0) is 20.1 Å². The molecule has 3 aromatic heterocycles. The molecule has 0 unspecified atom stereocenters. The summed E-state index contributed by atoms with van der Waals surface area (Å²) in [5.74, 6) is 1.67. The molecule has 10 aromatic rings. The van der Waals surface area contributed by atoms with Crippen LogP contribution in [0.15, 0.2) is 164 Å². The Balaban J connectivity index is 0.000000206. The Morgan fingerprint density at radius 2 is 1.23 bits per heavy atom. The maximum atomic E-state index is 5.24. The van der Waals surface area contributed by atoms with Crippen LogP contribution in [0.2, 0.25) is 19.6 Å². The minimum atomic E-state index is -1.28. The molecule has 4 nitrogen and oxygen atoms in total. The molecule has 0 spiro atoms. The van der Waals surface area contributed by atoms with Crippen molar-refractivity contribution in [3.63, 3.8) is 0 Å². The molecule has 305 valence electrons. The van der Waals surface area contributed by atoms with E-state index in [0.29, 0.717) is 11.8 Å². The molecule has 6 heteroatoms. The summed E-state index contributed by atoms with van der Waals surface area (Å²) >= 11 is 0. The SMILES string of the molecule is CC(C)c1cccc(C(C)C)c1-n1c(-c2[c-]cc3c(c2)c2ccccc2n3-c2ccccc2)nc2ccccc21.C[Si](C)(C)c1ccc(-c2[c-]ccc3ccccc23)nc1.[Ir]. The van der Waals surface area contributed by atoms with Gasteiger partial charge in [0.25, 0.3) is 0 Å². The standard InChI is InChI=1S/C37H32N3.C18H18NSi.Ir/c1-24(2)28-16-12-17-29(25(3)4)36(28)40-35-20-11-9-18-32(35)38-37(40)26-21-22-34-31(23-26)30-15-8-10-19-33(30)39(34)27-13-6-5-7-14-27;1-20(2,3)15-11-12-18(19-13-15)17-10-6-8-14-7-4-5-9-16(14)17;/h5-20,22-25H,1-4H3;4-9,11-13H,1-3H3;/q2*-1;. The molecule has 0 N–H and O–H groups in total. The summed E-state index contributed by atoms with van der Waals surface area (Å²) in [6, 6.07) is 62.7. The van der Waals surface area contributed by atoms with Gasteiger partial charge in [-0.3, -0.25) is 4.98 Å². The average molecular weight is 987 g/mol. The Hall–Kier alpha value is -5.91. The molecule has 1 radical (unpaired) electrons. The number of hydrogen-bond donors (Lipinski definition) is 0. The van der Waals surface area contributed by atoms with Crippen LogP contribution in [0, 0.1) is 12.1 Å². The molecule has 0 aliphatic carbocycles. The quantitative estimate of drug-likeness (QED) is 0.118. The summed E-state index contributed by atoms with van der Waals surface area (Å²) in [6.45, 7) is 16.1. The first-order valence-corrected chi connectivity index (χ1v) is 24.6. The minimum Gasteiger partial charge on any atom is -0.351 e. The molecular formula is C55H50IrN4Si-2. The van der Waals surface area contributed by atoms with Gasteiger partial charge in [0.15, 0.2) is 0 Å². The van der Waals surface area contributed by atoms with Gasteiger partial charge in [-0.05, 0) is 75.1 Å². The Morgan fingerprint density at radius 3 is 1.92 bits per heavy atom. The molecule has 7 aromatic carbocycles. The van der Waals surface area contributed by atoms with E-state index in [1.54, 1.807) is 0 Å². The Bertz CT molecular complexity index is 3100. The number of fused-ring (bicyclic) bond motifs is 5. The fourth-order valence-corrected chi connectivity index (χ4v) is 9.49. The number of hydrogen-bond acceptors (Lipinski definition) is 2. The molecule has 10 rings (SSSR count). The summed E-state index contributed by atoms with van der Waals surface area (Å²) in [5, 5.41) is 6.26. The molecule has 3 heterocycles. The molecule has 0 bridgehead atoms. The molecule has 0 aliphatic rings. The van der Waals surface area contributed by atoms with Gasteiger partial charge in [0.1, 0.15) is 0 Å². The summed E-state index contributed by atoms with van der Waals surface area (Å²) in [4.78, 5) is 9.91. The van der Waals surface area contributed by atoms with E-state index in [4.69, 9.17) is 4.98 Å². The first kappa shape index (κ1) is 41.8. The Kier molecular flexibility index (Phi) is 11.8. The third-order valence-corrected chi connectivity index (χ3v) is 13.6. The fraction of sp³-hybridized carbons (Fsp3) is 0.164. The summed E-state index contributed by atoms with van der Waals surface area (Å²) in [6.07, 6.45) is 2.04. The minimum absolute atomic E-state index is 0. The van der Waals surface area contributed by atoms with Crippen LogP contribution in [-0.4, -0.2) is 27.2 Å². The number of rotatable bonds is 7. The first-order valence-electron chi connectivity index (χ1n) is 21.1. The van der Waals surface area contributed by atoms with Crippen molar-refractivity contribution < 1.29 is 20.1 Å². The number of benzene rings is 7. The van der Waals surface area contributed by atoms with E-state index in [-0.39, 0.29) is 20.1 Å². The van der Waals surface area contributed by atoms with E-state index >= 15 is 0 Å². The molecule has 0 saturated carbocycles. The van der Waals surface area contributed by atoms with Crippen LogP contribution in [0.1, 0.15) is 50.7 Å². The maximum Gasteiger partial charge on any atom is 0.0795 e. The largest absolute Gasteiger partial charge is 0.351 e. The Labute approximate surface area is 374 Å². The normalized spacial score (nSPS) is 11.7. The number of nitrogens with zero attached hydrogens (tertiary/aromatic N) is 4. The summed E-state index contributed by atoms with van der Waals surface area (Å²) in [5.41, 5.74) is 12.6. The first-order chi connectivity index (χ1) is 29.1. The van der Waals surface area contributed by atoms with Crippen molar-refractivity contribution in [3.8, 4) is 34.0 Å². The monoisotopic (exact) mass is 987 g/mol. The predicted molar refractivity (Wildman–Crippen MR) is 257 cm³/mol. The van der Waals surface area contributed by atoms with Crippen molar-refractivity contribution in [2.24, 2.45) is 0 Å². The van der Waals surface area contributed by atoms with Gasteiger partial charge in [-0.15, -0.1) is 52.9 Å². The molecule has 0 saturated heterocycles. The number of aromatic nitrogens is 4. The van der Waals surface area contributed by atoms with Crippen LogP contribution >= 0.6 is 0 Å². The van der Waals surface area contributed by atoms with Gasteiger partial charge in [-0.1, -0.05) is 161 Å². The fourth-order valence-electron chi connectivity index (χ4n) is 8.46. The van der Waals surface area contributed by atoms with Crippen LogP contribution in [0.4, 0.5) is 0 Å². The van der Waals surface area contributed by atoms with Crippen LogP contribution in [0.25, 0.3) is 77.6 Å². The van der Waals surface area contributed by atoms with E-state index in [0.717, 1.165) is 44.9 Å². The zero-order chi connectivity index (χ0) is 41.5. The van der Waals surface area contributed by atoms with E-state index < -0.39 is 8.07 Å². The van der Waals surface area contributed by atoms with E-state index in [1.165, 1.54) is 49.1 Å². The van der Waals surface area contributed by atoms with Crippen molar-refractivity contribution in [2.75, 3.05) is 0 Å². The molecule has 0 amide bonds. The summed E-state index contributed by atoms with van der Waals surface area (Å²) in [7, 11) is -1.28. The topological polar surface area (TPSA) is 35.6 Å². The summed E-state index contributed by atoms with van der Waals surface area (Å²) < 4.78 is 4.72. The third-order valence-electron chi connectivity index (χ3n) is 11.6. The van der Waals surface area contributed by atoms with Crippen molar-refractivity contribution >= 4 is 56.9 Å². The van der Waals surface area contributed by atoms with Gasteiger partial charge in [0.05, 0.1) is 24.9 Å². The molecule has 0 aliphatic heterocycles. The number of para-hydroxylation sites is 5. The third kappa shape index (κ3) is 7.92. The van der Waals surface area contributed by atoms with Crippen molar-refractivity contribution in [1.82, 2.24) is 19.1 Å². The number of imidazole rings is 1. The predicted octanol–water partition coefficient (Wildman–Crippen LogP) is 14.1. The van der Waals surface area contributed by atoms with Crippen LogP contribution in [0.5, 0.6) is 0 Å². The zero-order valence-electron chi connectivity index (χ0n) is 35.9. The van der Waals surface area contributed by atoms with Crippen molar-refractivity contribution in [3.05, 3.63) is 187 Å². The van der Waals surface area contributed by atoms with Gasteiger partial charge >= 0.3 is 0 Å². The van der Waals surface area contributed by atoms with E-state index in [9.17, 15) is 0 Å². The van der Waals surface area contributed by atoms with Gasteiger partial charge in [0, 0.05) is 43.2 Å². The smallest absolute Gasteiger partial charge is 0.0795 e. The van der Waals surface area contributed by atoms with Gasteiger partial charge in [-0.25, -0.2) is 0 Å². The number of pyridine rings is 1. The van der Waals surface area contributed by atoms with Crippen LogP contribution in [0.3, 0.4) is 0 Å². The van der Waals surface area contributed by atoms with E-state index in [2.05, 4.69) is 225 Å². The zero-order valence-corrected chi connectivity index (χ0v) is 39.3.